The molecule has 19 heavy (non-hydrogen) atoms. The lowest BCUT2D eigenvalue weighted by Crippen LogP contribution is -2.42. The summed E-state index contributed by atoms with van der Waals surface area (Å²) in [6, 6.07) is 0.569. The van der Waals surface area contributed by atoms with Crippen molar-refractivity contribution in [1.82, 2.24) is 9.97 Å². The number of aromatic nitrogens is 2. The summed E-state index contributed by atoms with van der Waals surface area (Å²) in [5.74, 6) is 3.76. The first-order valence-electron chi connectivity index (χ1n) is 7.38. The number of piperidine rings is 1. The zero-order valence-electron chi connectivity index (χ0n) is 12.8. The quantitative estimate of drug-likeness (QED) is 0.909. The molecule has 1 fully saturated rings. The summed E-state index contributed by atoms with van der Waals surface area (Å²) in [5.41, 5.74) is 1.17. The highest BCUT2D eigenvalue weighted by atomic mass is 15.2. The van der Waals surface area contributed by atoms with Crippen molar-refractivity contribution < 1.29 is 0 Å². The molecular formula is C15H26N4. The molecule has 0 saturated carbocycles. The number of aryl methyl sites for hydroxylation is 1. The van der Waals surface area contributed by atoms with Crippen LogP contribution >= 0.6 is 0 Å². The van der Waals surface area contributed by atoms with Gasteiger partial charge in [-0.05, 0) is 32.6 Å². The molecule has 0 spiro atoms. The summed E-state index contributed by atoms with van der Waals surface area (Å²) in [7, 11) is 1.93. The molecule has 2 atom stereocenters. The van der Waals surface area contributed by atoms with Gasteiger partial charge in [-0.3, -0.25) is 0 Å². The van der Waals surface area contributed by atoms with E-state index in [2.05, 4.69) is 42.9 Å². The third kappa shape index (κ3) is 2.82. The SMILES string of the molecule is CCc1nc(NC)c(C)c(N2CC(C)CCC2C)n1. The second kappa shape index (κ2) is 5.76. The monoisotopic (exact) mass is 262 g/mol. The van der Waals surface area contributed by atoms with Gasteiger partial charge in [-0.15, -0.1) is 0 Å². The molecule has 1 aliphatic heterocycles. The largest absolute Gasteiger partial charge is 0.373 e. The van der Waals surface area contributed by atoms with E-state index in [1.807, 2.05) is 7.05 Å². The maximum absolute atomic E-state index is 4.78. The Kier molecular flexibility index (Phi) is 4.27. The van der Waals surface area contributed by atoms with E-state index in [0.29, 0.717) is 6.04 Å². The summed E-state index contributed by atoms with van der Waals surface area (Å²) in [5, 5.41) is 3.20. The summed E-state index contributed by atoms with van der Waals surface area (Å²) < 4.78 is 0. The molecule has 0 bridgehead atoms. The molecular weight excluding hydrogens is 236 g/mol. The van der Waals surface area contributed by atoms with Crippen LogP contribution in [0.15, 0.2) is 0 Å². The van der Waals surface area contributed by atoms with Gasteiger partial charge in [-0.1, -0.05) is 13.8 Å². The molecule has 1 N–H and O–H groups in total. The molecule has 1 aromatic rings. The molecule has 4 heteroatoms. The van der Waals surface area contributed by atoms with Crippen molar-refractivity contribution in [3.63, 3.8) is 0 Å². The average Bonchev–Trinajstić information content (AvgIpc) is 2.42. The molecule has 2 unspecified atom stereocenters. The van der Waals surface area contributed by atoms with Crippen molar-refractivity contribution in [3.05, 3.63) is 11.4 Å². The summed E-state index contributed by atoms with van der Waals surface area (Å²) in [4.78, 5) is 11.8. The predicted molar refractivity (Wildman–Crippen MR) is 80.9 cm³/mol. The van der Waals surface area contributed by atoms with Gasteiger partial charge in [0.05, 0.1) is 0 Å². The Morgan fingerprint density at radius 3 is 2.63 bits per heavy atom. The highest BCUT2D eigenvalue weighted by molar-refractivity contribution is 5.59. The van der Waals surface area contributed by atoms with E-state index in [1.165, 1.54) is 18.4 Å². The lowest BCUT2D eigenvalue weighted by Gasteiger charge is -2.38. The Morgan fingerprint density at radius 2 is 2.00 bits per heavy atom. The Labute approximate surface area is 116 Å². The average molecular weight is 262 g/mol. The fourth-order valence-electron chi connectivity index (χ4n) is 2.81. The van der Waals surface area contributed by atoms with Gasteiger partial charge in [0.25, 0.3) is 0 Å². The number of nitrogens with one attached hydrogen (secondary N) is 1. The first-order chi connectivity index (χ1) is 9.06. The summed E-state index contributed by atoms with van der Waals surface area (Å²) in [6.07, 6.45) is 3.45. The van der Waals surface area contributed by atoms with Gasteiger partial charge >= 0.3 is 0 Å². The van der Waals surface area contributed by atoms with Crippen molar-refractivity contribution in [1.29, 1.82) is 0 Å². The lowest BCUT2D eigenvalue weighted by molar-refractivity contribution is 0.387. The van der Waals surface area contributed by atoms with E-state index >= 15 is 0 Å². The molecule has 1 saturated heterocycles. The third-order valence-electron chi connectivity index (χ3n) is 4.11. The number of nitrogens with zero attached hydrogens (tertiary/aromatic N) is 3. The van der Waals surface area contributed by atoms with Crippen LogP contribution in [0.3, 0.4) is 0 Å². The minimum Gasteiger partial charge on any atom is -0.373 e. The van der Waals surface area contributed by atoms with Crippen molar-refractivity contribution in [3.8, 4) is 0 Å². The molecule has 4 nitrogen and oxygen atoms in total. The summed E-state index contributed by atoms with van der Waals surface area (Å²) in [6.45, 7) is 9.96. The van der Waals surface area contributed by atoms with Gasteiger partial charge < -0.3 is 10.2 Å². The first-order valence-corrected chi connectivity index (χ1v) is 7.38. The van der Waals surface area contributed by atoms with E-state index in [-0.39, 0.29) is 0 Å². The molecule has 0 aliphatic carbocycles. The maximum atomic E-state index is 4.78. The smallest absolute Gasteiger partial charge is 0.137 e. The van der Waals surface area contributed by atoms with E-state index in [4.69, 9.17) is 4.98 Å². The normalized spacial score (nSPS) is 23.5. The fourth-order valence-corrected chi connectivity index (χ4v) is 2.81. The molecule has 2 rings (SSSR count). The number of hydrogen-bond acceptors (Lipinski definition) is 4. The zero-order chi connectivity index (χ0) is 14.0. The standard InChI is InChI=1S/C15H26N4/c1-6-13-17-14(16-5)12(4)15(18-13)19-9-10(2)7-8-11(19)3/h10-11H,6-9H2,1-5H3,(H,16,17,18). The number of rotatable bonds is 3. The Morgan fingerprint density at radius 1 is 1.26 bits per heavy atom. The van der Waals surface area contributed by atoms with Crippen LogP contribution in [0.2, 0.25) is 0 Å². The third-order valence-corrected chi connectivity index (χ3v) is 4.11. The van der Waals surface area contributed by atoms with Gasteiger partial charge in [-0.25, -0.2) is 9.97 Å². The van der Waals surface area contributed by atoms with Gasteiger partial charge in [0.15, 0.2) is 0 Å². The van der Waals surface area contributed by atoms with E-state index < -0.39 is 0 Å². The van der Waals surface area contributed by atoms with Crippen LogP contribution in [-0.4, -0.2) is 29.6 Å². The van der Waals surface area contributed by atoms with Crippen LogP contribution in [0.4, 0.5) is 11.6 Å². The highest BCUT2D eigenvalue weighted by Crippen LogP contribution is 2.30. The predicted octanol–water partition coefficient (Wildman–Crippen LogP) is 3.01. The molecule has 1 aliphatic rings. The minimum absolute atomic E-state index is 0.569. The second-order valence-electron chi connectivity index (χ2n) is 5.72. The van der Waals surface area contributed by atoms with Crippen LogP contribution in [-0.2, 0) is 6.42 Å². The van der Waals surface area contributed by atoms with Gasteiger partial charge in [-0.2, -0.15) is 0 Å². The summed E-state index contributed by atoms with van der Waals surface area (Å²) >= 11 is 0. The fraction of sp³-hybridized carbons (Fsp3) is 0.733. The van der Waals surface area contributed by atoms with Crippen LogP contribution in [0.5, 0.6) is 0 Å². The maximum Gasteiger partial charge on any atom is 0.137 e. The van der Waals surface area contributed by atoms with Gasteiger partial charge in [0.1, 0.15) is 17.5 Å². The molecule has 0 amide bonds. The molecule has 1 aromatic heterocycles. The van der Waals surface area contributed by atoms with Crippen molar-refractivity contribution in [2.75, 3.05) is 23.8 Å². The molecule has 2 heterocycles. The second-order valence-corrected chi connectivity index (χ2v) is 5.72. The van der Waals surface area contributed by atoms with E-state index in [0.717, 1.165) is 36.3 Å². The van der Waals surface area contributed by atoms with Crippen LogP contribution in [0, 0.1) is 12.8 Å². The van der Waals surface area contributed by atoms with Crippen molar-refractivity contribution >= 4 is 11.6 Å². The van der Waals surface area contributed by atoms with Gasteiger partial charge in [0.2, 0.25) is 0 Å². The first kappa shape index (κ1) is 14.1. The molecule has 0 radical (unpaired) electrons. The Hall–Kier alpha value is -1.32. The Balaban J connectivity index is 2.41. The molecule has 0 aromatic carbocycles. The Bertz CT molecular complexity index is 444. The van der Waals surface area contributed by atoms with Crippen LogP contribution in [0.25, 0.3) is 0 Å². The zero-order valence-corrected chi connectivity index (χ0v) is 12.8. The van der Waals surface area contributed by atoms with Crippen LogP contribution < -0.4 is 10.2 Å². The van der Waals surface area contributed by atoms with Crippen LogP contribution in [0.1, 0.15) is 45.0 Å². The van der Waals surface area contributed by atoms with E-state index in [1.54, 1.807) is 0 Å². The van der Waals surface area contributed by atoms with Gasteiger partial charge in [0, 0.05) is 31.6 Å². The van der Waals surface area contributed by atoms with Crippen molar-refractivity contribution in [2.24, 2.45) is 5.92 Å². The number of hydrogen-bond donors (Lipinski definition) is 1. The molecule has 106 valence electrons. The van der Waals surface area contributed by atoms with Crippen molar-refractivity contribution in [2.45, 2.75) is 53.0 Å². The number of anilines is 2. The topological polar surface area (TPSA) is 41.1 Å². The minimum atomic E-state index is 0.569. The lowest BCUT2D eigenvalue weighted by atomic mass is 9.95. The van der Waals surface area contributed by atoms with E-state index in [9.17, 15) is 0 Å². The highest BCUT2D eigenvalue weighted by Gasteiger charge is 2.26.